The van der Waals surface area contributed by atoms with Crippen molar-refractivity contribution in [2.45, 2.75) is 25.7 Å². The largest absolute Gasteiger partial charge is 0.493 e. The van der Waals surface area contributed by atoms with Crippen molar-refractivity contribution < 1.29 is 14.3 Å². The lowest BCUT2D eigenvalue weighted by molar-refractivity contribution is 0.0785. The van der Waals surface area contributed by atoms with Crippen LogP contribution >= 0.6 is 0 Å². The van der Waals surface area contributed by atoms with Gasteiger partial charge < -0.3 is 19.4 Å². The molecular formula is C20H23N3O4. The lowest BCUT2D eigenvalue weighted by Crippen LogP contribution is -2.29. The average molecular weight is 369 g/mol. The zero-order chi connectivity index (χ0) is 19.1. The summed E-state index contributed by atoms with van der Waals surface area (Å²) in [5.41, 5.74) is 2.18. The number of aromatic amines is 1. The summed E-state index contributed by atoms with van der Waals surface area (Å²) in [5, 5.41) is 0. The number of likely N-dealkylation sites (tertiary alicyclic amines) is 1. The van der Waals surface area contributed by atoms with Gasteiger partial charge in [0.1, 0.15) is 5.82 Å². The van der Waals surface area contributed by atoms with E-state index in [9.17, 15) is 9.59 Å². The van der Waals surface area contributed by atoms with Crippen LogP contribution in [0.4, 0.5) is 0 Å². The lowest BCUT2D eigenvalue weighted by atomic mass is 9.80. The van der Waals surface area contributed by atoms with Crippen LogP contribution in [0.1, 0.15) is 39.8 Å². The van der Waals surface area contributed by atoms with E-state index in [4.69, 9.17) is 9.47 Å². The number of nitrogens with zero attached hydrogens (tertiary/aromatic N) is 2. The van der Waals surface area contributed by atoms with Gasteiger partial charge in [-0.05, 0) is 43.9 Å². The van der Waals surface area contributed by atoms with E-state index in [0.717, 1.165) is 24.1 Å². The molecule has 0 radical (unpaired) electrons. The van der Waals surface area contributed by atoms with Crippen LogP contribution in [0.15, 0.2) is 23.0 Å². The minimum Gasteiger partial charge on any atom is -0.493 e. The SMILES string of the molecule is COc1ccc(C(=O)N2C[C@H]3CCc4c(nc(C)[nH]c4=O)[C@H]3C2)cc1OC. The number of ether oxygens (including phenoxy) is 2. The second kappa shape index (κ2) is 6.72. The maximum atomic E-state index is 13.0. The summed E-state index contributed by atoms with van der Waals surface area (Å²) in [5.74, 6) is 2.19. The number of H-pyrrole nitrogens is 1. The van der Waals surface area contributed by atoms with Crippen molar-refractivity contribution in [3.05, 3.63) is 51.2 Å². The number of carbonyl (C=O) groups excluding carboxylic acids is 1. The predicted molar refractivity (Wildman–Crippen MR) is 99.6 cm³/mol. The second-order valence-corrected chi connectivity index (χ2v) is 7.20. The number of hydrogen-bond acceptors (Lipinski definition) is 5. The Kier molecular flexibility index (Phi) is 4.37. The Balaban J connectivity index is 1.61. The van der Waals surface area contributed by atoms with Gasteiger partial charge in [-0.3, -0.25) is 9.59 Å². The van der Waals surface area contributed by atoms with Crippen molar-refractivity contribution in [1.29, 1.82) is 0 Å². The van der Waals surface area contributed by atoms with Crippen LogP contribution in [0.25, 0.3) is 0 Å². The first kappa shape index (κ1) is 17.6. The van der Waals surface area contributed by atoms with Crippen LogP contribution in [0.3, 0.4) is 0 Å². The molecule has 2 heterocycles. The van der Waals surface area contributed by atoms with Gasteiger partial charge in [0.05, 0.1) is 19.9 Å². The lowest BCUT2D eigenvalue weighted by Gasteiger charge is -2.25. The van der Waals surface area contributed by atoms with E-state index in [0.29, 0.717) is 41.9 Å². The standard InChI is InChI=1S/C20H23N3O4/c1-11-21-18-14(19(24)22-11)6-4-13-9-23(10-15(13)18)20(25)12-5-7-16(26-2)17(8-12)27-3/h5,7-8,13,15H,4,6,9-10H2,1-3H3,(H,21,22,24)/t13-,15+/m1/s1. The Morgan fingerprint density at radius 3 is 2.74 bits per heavy atom. The molecule has 1 amide bonds. The third kappa shape index (κ3) is 2.97. The molecule has 1 aliphatic heterocycles. The molecule has 27 heavy (non-hydrogen) atoms. The van der Waals surface area contributed by atoms with Crippen molar-refractivity contribution >= 4 is 5.91 Å². The summed E-state index contributed by atoms with van der Waals surface area (Å²) >= 11 is 0. The van der Waals surface area contributed by atoms with Gasteiger partial charge in [-0.1, -0.05) is 0 Å². The van der Waals surface area contributed by atoms with Gasteiger partial charge >= 0.3 is 0 Å². The van der Waals surface area contributed by atoms with Gasteiger partial charge in [-0.25, -0.2) is 4.98 Å². The molecule has 0 saturated carbocycles. The van der Waals surface area contributed by atoms with Gasteiger partial charge in [0, 0.05) is 30.1 Å². The molecule has 7 heteroatoms. The normalized spacial score (nSPS) is 20.8. The molecule has 0 bridgehead atoms. The van der Waals surface area contributed by atoms with Crippen molar-refractivity contribution in [2.75, 3.05) is 27.3 Å². The summed E-state index contributed by atoms with van der Waals surface area (Å²) in [6.07, 6.45) is 1.62. The highest BCUT2D eigenvalue weighted by atomic mass is 16.5. The first-order valence-electron chi connectivity index (χ1n) is 9.12. The third-order valence-corrected chi connectivity index (χ3v) is 5.64. The Hall–Kier alpha value is -2.83. The van der Waals surface area contributed by atoms with E-state index in [-0.39, 0.29) is 17.4 Å². The van der Waals surface area contributed by atoms with Crippen molar-refractivity contribution in [3.63, 3.8) is 0 Å². The molecule has 2 aliphatic rings. The van der Waals surface area contributed by atoms with Crippen molar-refractivity contribution in [3.8, 4) is 11.5 Å². The Morgan fingerprint density at radius 2 is 2.00 bits per heavy atom. The van der Waals surface area contributed by atoms with Gasteiger partial charge in [0.15, 0.2) is 11.5 Å². The molecule has 1 aromatic carbocycles. The molecule has 0 unspecified atom stereocenters. The molecular weight excluding hydrogens is 346 g/mol. The van der Waals surface area contributed by atoms with E-state index in [2.05, 4.69) is 9.97 Å². The molecule has 1 N–H and O–H groups in total. The maximum Gasteiger partial charge on any atom is 0.254 e. The predicted octanol–water partition coefficient (Wildman–Crippen LogP) is 1.90. The Bertz CT molecular complexity index is 953. The average Bonchev–Trinajstić information content (AvgIpc) is 3.11. The zero-order valence-corrected chi connectivity index (χ0v) is 15.7. The summed E-state index contributed by atoms with van der Waals surface area (Å²) in [7, 11) is 3.12. The maximum absolute atomic E-state index is 13.0. The molecule has 2 aromatic rings. The smallest absolute Gasteiger partial charge is 0.254 e. The zero-order valence-electron chi connectivity index (χ0n) is 15.7. The third-order valence-electron chi connectivity index (χ3n) is 5.64. The van der Waals surface area contributed by atoms with E-state index in [1.165, 1.54) is 0 Å². The quantitative estimate of drug-likeness (QED) is 0.893. The highest BCUT2D eigenvalue weighted by molar-refractivity contribution is 5.95. The Labute approximate surface area is 157 Å². The van der Waals surface area contributed by atoms with Gasteiger partial charge in [0.2, 0.25) is 0 Å². The number of aromatic nitrogens is 2. The summed E-state index contributed by atoms with van der Waals surface area (Å²) < 4.78 is 10.6. The van der Waals surface area contributed by atoms with Crippen LogP contribution in [0.2, 0.25) is 0 Å². The molecule has 1 aliphatic carbocycles. The highest BCUT2D eigenvalue weighted by Gasteiger charge is 2.41. The number of methoxy groups -OCH3 is 2. The number of nitrogens with one attached hydrogen (secondary N) is 1. The highest BCUT2D eigenvalue weighted by Crippen LogP contribution is 2.40. The number of amides is 1. The monoisotopic (exact) mass is 369 g/mol. The molecule has 0 spiro atoms. The van der Waals surface area contributed by atoms with Crippen LogP contribution < -0.4 is 15.0 Å². The minimum atomic E-state index is -0.0411. The van der Waals surface area contributed by atoms with Crippen LogP contribution in [-0.2, 0) is 6.42 Å². The van der Waals surface area contributed by atoms with E-state index in [1.807, 2.05) is 4.90 Å². The number of aryl methyl sites for hydroxylation is 1. The molecule has 7 nitrogen and oxygen atoms in total. The summed E-state index contributed by atoms with van der Waals surface area (Å²) in [6.45, 7) is 3.07. The molecule has 142 valence electrons. The Morgan fingerprint density at radius 1 is 1.22 bits per heavy atom. The molecule has 4 rings (SSSR count). The fraction of sp³-hybridized carbons (Fsp3) is 0.450. The number of carbonyl (C=O) groups is 1. The number of rotatable bonds is 3. The van der Waals surface area contributed by atoms with Gasteiger partial charge in [-0.15, -0.1) is 0 Å². The van der Waals surface area contributed by atoms with Crippen LogP contribution in [0.5, 0.6) is 11.5 Å². The molecule has 1 aromatic heterocycles. The topological polar surface area (TPSA) is 84.5 Å². The first-order chi connectivity index (χ1) is 13.0. The van der Waals surface area contributed by atoms with E-state index in [1.54, 1.807) is 39.3 Å². The van der Waals surface area contributed by atoms with Crippen molar-refractivity contribution in [2.24, 2.45) is 5.92 Å². The molecule has 1 saturated heterocycles. The second-order valence-electron chi connectivity index (χ2n) is 7.20. The first-order valence-corrected chi connectivity index (χ1v) is 9.12. The van der Waals surface area contributed by atoms with Crippen molar-refractivity contribution in [1.82, 2.24) is 14.9 Å². The molecule has 1 fully saturated rings. The van der Waals surface area contributed by atoms with E-state index < -0.39 is 0 Å². The number of fused-ring (bicyclic) bond motifs is 3. The van der Waals surface area contributed by atoms with Crippen LogP contribution in [-0.4, -0.2) is 48.1 Å². The van der Waals surface area contributed by atoms with Crippen LogP contribution in [0, 0.1) is 12.8 Å². The summed E-state index contributed by atoms with van der Waals surface area (Å²) in [6, 6.07) is 5.21. The fourth-order valence-electron chi connectivity index (χ4n) is 4.30. The fourth-order valence-corrected chi connectivity index (χ4v) is 4.30. The van der Waals surface area contributed by atoms with E-state index >= 15 is 0 Å². The summed E-state index contributed by atoms with van der Waals surface area (Å²) in [4.78, 5) is 34.5. The van der Waals surface area contributed by atoms with Gasteiger partial charge in [0.25, 0.3) is 11.5 Å². The number of benzene rings is 1. The van der Waals surface area contributed by atoms with Gasteiger partial charge in [-0.2, -0.15) is 0 Å². The number of hydrogen-bond donors (Lipinski definition) is 1. The molecule has 2 atom stereocenters. The minimum absolute atomic E-state index is 0.0338.